The van der Waals surface area contributed by atoms with Crippen LogP contribution in [0.2, 0.25) is 10.0 Å². The molecule has 4 rings (SSSR count). The van der Waals surface area contributed by atoms with Gasteiger partial charge in [-0.05, 0) is 43.5 Å². The predicted molar refractivity (Wildman–Crippen MR) is 119 cm³/mol. The number of benzene rings is 2. The van der Waals surface area contributed by atoms with Crippen molar-refractivity contribution in [3.8, 4) is 0 Å². The van der Waals surface area contributed by atoms with Crippen LogP contribution in [0.25, 0.3) is 0 Å². The summed E-state index contributed by atoms with van der Waals surface area (Å²) in [7, 11) is -3.90. The molecule has 158 valence electrons. The first-order valence-corrected chi connectivity index (χ1v) is 12.0. The summed E-state index contributed by atoms with van der Waals surface area (Å²) in [5.41, 5.74) is 1.34. The van der Waals surface area contributed by atoms with Gasteiger partial charge in [0.05, 0.1) is 22.3 Å². The van der Waals surface area contributed by atoms with Gasteiger partial charge in [-0.1, -0.05) is 47.8 Å². The molecule has 1 fully saturated rings. The number of carbonyl (C=O) groups excluding carboxylic acids is 1. The molecule has 6 nitrogen and oxygen atoms in total. The number of hydrogen-bond acceptors (Lipinski definition) is 4. The first-order valence-electron chi connectivity index (χ1n) is 9.78. The van der Waals surface area contributed by atoms with Crippen LogP contribution in [0.5, 0.6) is 0 Å². The summed E-state index contributed by atoms with van der Waals surface area (Å²) in [5, 5.41) is 3.57. The van der Waals surface area contributed by atoms with E-state index in [9.17, 15) is 13.2 Å². The zero-order valence-corrected chi connectivity index (χ0v) is 18.7. The number of hydrogen-bond donors (Lipinski definition) is 1. The third-order valence-electron chi connectivity index (χ3n) is 5.40. The molecule has 2 aliphatic rings. The third-order valence-corrected chi connectivity index (χ3v) is 7.39. The lowest BCUT2D eigenvalue weighted by Gasteiger charge is -2.30. The molecular formula is C21H21Cl2N3O3S. The van der Waals surface area contributed by atoms with Crippen LogP contribution < -0.4 is 10.2 Å². The van der Waals surface area contributed by atoms with E-state index < -0.39 is 15.9 Å². The van der Waals surface area contributed by atoms with Gasteiger partial charge in [0.25, 0.3) is 15.9 Å². The summed E-state index contributed by atoms with van der Waals surface area (Å²) < 4.78 is 29.6. The Balaban J connectivity index is 1.69. The van der Waals surface area contributed by atoms with Crippen molar-refractivity contribution in [1.29, 1.82) is 0 Å². The molecule has 9 heteroatoms. The van der Waals surface area contributed by atoms with E-state index in [1.807, 2.05) is 23.1 Å². The molecule has 2 aliphatic heterocycles. The summed E-state index contributed by atoms with van der Waals surface area (Å²) in [6.45, 7) is 2.47. The van der Waals surface area contributed by atoms with Crippen molar-refractivity contribution in [2.75, 3.05) is 11.4 Å². The molecule has 0 bridgehead atoms. The monoisotopic (exact) mass is 465 g/mol. The van der Waals surface area contributed by atoms with E-state index in [1.54, 1.807) is 19.1 Å². The molecule has 2 heterocycles. The van der Waals surface area contributed by atoms with Gasteiger partial charge < -0.3 is 10.2 Å². The molecule has 0 saturated carbocycles. The van der Waals surface area contributed by atoms with Crippen LogP contribution in [0.1, 0.15) is 54.6 Å². The van der Waals surface area contributed by atoms with Gasteiger partial charge in [0.1, 0.15) is 10.7 Å². The standard InChI is InChI=1S/C21H21Cl2N3O3S/c1-13(14-7-4-5-8-16(14)22)24-21(27)15-11-19-18(12-17(15)23)26-10-6-2-3-9-20(26)25-30(19,28)29/h4-5,7-8,11-13H,2-3,6,9-10H2,1H3,(H,24,27). The molecule has 0 aromatic heterocycles. The molecule has 0 spiro atoms. The highest BCUT2D eigenvalue weighted by Gasteiger charge is 2.33. The number of fused-ring (bicyclic) bond motifs is 3. The molecule has 30 heavy (non-hydrogen) atoms. The van der Waals surface area contributed by atoms with Gasteiger partial charge in [0, 0.05) is 18.0 Å². The molecule has 1 atom stereocenters. The van der Waals surface area contributed by atoms with E-state index in [0.717, 1.165) is 24.8 Å². The number of rotatable bonds is 3. The van der Waals surface area contributed by atoms with Crippen molar-refractivity contribution in [3.05, 3.63) is 57.6 Å². The number of amidine groups is 1. The van der Waals surface area contributed by atoms with E-state index in [0.29, 0.717) is 29.5 Å². The second-order valence-electron chi connectivity index (χ2n) is 7.46. The van der Waals surface area contributed by atoms with Gasteiger partial charge in [-0.2, -0.15) is 8.42 Å². The number of nitrogens with zero attached hydrogens (tertiary/aromatic N) is 2. The Labute approximate surface area is 185 Å². The molecule has 1 amide bonds. The summed E-state index contributed by atoms with van der Waals surface area (Å²) >= 11 is 12.6. The minimum absolute atomic E-state index is 0.00750. The van der Waals surface area contributed by atoms with Gasteiger partial charge in [-0.15, -0.1) is 4.40 Å². The maximum Gasteiger partial charge on any atom is 0.286 e. The Bertz CT molecular complexity index is 1150. The summed E-state index contributed by atoms with van der Waals surface area (Å²) in [4.78, 5) is 14.8. The zero-order chi connectivity index (χ0) is 21.5. The van der Waals surface area contributed by atoms with E-state index in [4.69, 9.17) is 23.2 Å². The van der Waals surface area contributed by atoms with Gasteiger partial charge >= 0.3 is 0 Å². The van der Waals surface area contributed by atoms with Crippen LogP contribution in [0, 0.1) is 0 Å². The van der Waals surface area contributed by atoms with Crippen molar-refractivity contribution < 1.29 is 13.2 Å². The molecular weight excluding hydrogens is 445 g/mol. The summed E-state index contributed by atoms with van der Waals surface area (Å²) in [6.07, 6.45) is 3.45. The third kappa shape index (κ3) is 3.94. The highest BCUT2D eigenvalue weighted by molar-refractivity contribution is 7.90. The summed E-state index contributed by atoms with van der Waals surface area (Å²) in [6, 6.07) is 9.71. The highest BCUT2D eigenvalue weighted by Crippen LogP contribution is 2.38. The first kappa shape index (κ1) is 21.2. The fraction of sp³-hybridized carbons (Fsp3) is 0.333. The fourth-order valence-electron chi connectivity index (χ4n) is 3.85. The van der Waals surface area contributed by atoms with Gasteiger partial charge in [0.2, 0.25) is 0 Å². The Morgan fingerprint density at radius 2 is 1.90 bits per heavy atom. The van der Waals surface area contributed by atoms with E-state index in [-0.39, 0.29) is 21.5 Å². The van der Waals surface area contributed by atoms with Gasteiger partial charge in [-0.25, -0.2) is 0 Å². The average molecular weight is 466 g/mol. The Hall–Kier alpha value is -2.09. The lowest BCUT2D eigenvalue weighted by atomic mass is 10.1. The minimum Gasteiger partial charge on any atom is -0.345 e. The van der Waals surface area contributed by atoms with Crippen molar-refractivity contribution in [2.45, 2.75) is 43.5 Å². The van der Waals surface area contributed by atoms with Crippen molar-refractivity contribution >= 4 is 50.7 Å². The van der Waals surface area contributed by atoms with Gasteiger partial charge in [0.15, 0.2) is 0 Å². The molecule has 2 aromatic carbocycles. The lowest BCUT2D eigenvalue weighted by Crippen LogP contribution is -2.35. The largest absolute Gasteiger partial charge is 0.345 e. The smallest absolute Gasteiger partial charge is 0.286 e. The Kier molecular flexibility index (Phi) is 5.79. The first-order chi connectivity index (χ1) is 14.3. The molecule has 1 saturated heterocycles. The van der Waals surface area contributed by atoms with Crippen LogP contribution in [0.4, 0.5) is 5.69 Å². The van der Waals surface area contributed by atoms with Crippen LogP contribution in [0.15, 0.2) is 45.7 Å². The lowest BCUT2D eigenvalue weighted by molar-refractivity contribution is 0.0940. The van der Waals surface area contributed by atoms with Crippen LogP contribution in [0.3, 0.4) is 0 Å². The van der Waals surface area contributed by atoms with Crippen LogP contribution >= 0.6 is 23.2 Å². The van der Waals surface area contributed by atoms with Crippen molar-refractivity contribution in [2.24, 2.45) is 4.40 Å². The Morgan fingerprint density at radius 3 is 2.67 bits per heavy atom. The predicted octanol–water partition coefficient (Wildman–Crippen LogP) is 4.97. The number of nitrogens with one attached hydrogen (secondary N) is 1. The maximum absolute atomic E-state index is 12.9. The second-order valence-corrected chi connectivity index (χ2v) is 9.85. The number of carbonyl (C=O) groups is 1. The molecule has 1 N–H and O–H groups in total. The van der Waals surface area contributed by atoms with Crippen LogP contribution in [-0.4, -0.2) is 26.7 Å². The van der Waals surface area contributed by atoms with E-state index >= 15 is 0 Å². The fourth-order valence-corrected chi connectivity index (χ4v) is 5.66. The second kappa shape index (κ2) is 8.21. The quantitative estimate of drug-likeness (QED) is 0.693. The van der Waals surface area contributed by atoms with Crippen molar-refractivity contribution in [3.63, 3.8) is 0 Å². The minimum atomic E-state index is -3.90. The van der Waals surface area contributed by atoms with E-state index in [1.165, 1.54) is 6.07 Å². The van der Waals surface area contributed by atoms with E-state index in [2.05, 4.69) is 9.71 Å². The molecule has 0 aliphatic carbocycles. The number of halogens is 2. The molecule has 0 radical (unpaired) electrons. The SMILES string of the molecule is CC(NC(=O)c1cc2c(cc1Cl)N1CCCCCC1=NS2(=O)=O)c1ccccc1Cl. The normalized spacial score (nSPS) is 18.5. The number of sulfonamides is 1. The van der Waals surface area contributed by atoms with Gasteiger partial charge in [-0.3, -0.25) is 4.79 Å². The van der Waals surface area contributed by atoms with Crippen LogP contribution in [-0.2, 0) is 10.0 Å². The topological polar surface area (TPSA) is 78.8 Å². The maximum atomic E-state index is 12.9. The molecule has 1 unspecified atom stereocenters. The number of amides is 1. The average Bonchev–Trinajstić information content (AvgIpc) is 2.92. The zero-order valence-electron chi connectivity index (χ0n) is 16.4. The number of anilines is 1. The molecule has 2 aromatic rings. The highest BCUT2D eigenvalue weighted by atomic mass is 35.5. The summed E-state index contributed by atoms with van der Waals surface area (Å²) in [5.74, 6) is 0.0664. The Morgan fingerprint density at radius 1 is 1.13 bits per heavy atom. The van der Waals surface area contributed by atoms with Crippen molar-refractivity contribution in [1.82, 2.24) is 5.32 Å².